The van der Waals surface area contributed by atoms with Gasteiger partial charge in [0.15, 0.2) is 0 Å². The zero-order valence-electron chi connectivity index (χ0n) is 19.1. The average Bonchev–Trinajstić information content (AvgIpc) is 3.27. The van der Waals surface area contributed by atoms with Crippen molar-refractivity contribution in [2.75, 3.05) is 0 Å². The molecule has 0 unspecified atom stereocenters. The summed E-state index contributed by atoms with van der Waals surface area (Å²) < 4.78 is 3.20. The number of nitrogens with two attached hydrogens (primary N) is 1. The first kappa shape index (κ1) is 24.1. The normalized spacial score (nSPS) is 10.5. The maximum atomic E-state index is 11.0. The van der Waals surface area contributed by atoms with Crippen molar-refractivity contribution in [3.8, 4) is 22.9 Å². The van der Waals surface area contributed by atoms with Crippen LogP contribution in [0, 0.1) is 27.7 Å². The van der Waals surface area contributed by atoms with Crippen LogP contribution in [-0.4, -0.2) is 46.8 Å². The van der Waals surface area contributed by atoms with E-state index < -0.39 is 11.9 Å². The Bertz CT molecular complexity index is 1280. The van der Waals surface area contributed by atoms with Crippen molar-refractivity contribution in [2.45, 2.75) is 27.7 Å². The summed E-state index contributed by atoms with van der Waals surface area (Å²) in [6.45, 7) is 7.48. The Kier molecular flexibility index (Phi) is 6.71. The fourth-order valence-corrected chi connectivity index (χ4v) is 3.44. The van der Waals surface area contributed by atoms with Crippen molar-refractivity contribution in [1.82, 2.24) is 19.6 Å². The molecular weight excluding hydrogens is 438 g/mol. The Morgan fingerprint density at radius 2 is 1.15 bits per heavy atom. The molecule has 2 aromatic heterocycles. The summed E-state index contributed by atoms with van der Waals surface area (Å²) in [7, 11) is 0. The van der Waals surface area contributed by atoms with E-state index in [0.717, 1.165) is 22.8 Å². The first-order chi connectivity index (χ1) is 16.0. The zero-order valence-corrected chi connectivity index (χ0v) is 19.1. The van der Waals surface area contributed by atoms with Gasteiger partial charge in [0.1, 0.15) is 22.9 Å². The third kappa shape index (κ3) is 5.07. The molecular formula is C24H25N5O5. The molecule has 10 nitrogen and oxygen atoms in total. The van der Waals surface area contributed by atoms with Crippen molar-refractivity contribution in [1.29, 1.82) is 0 Å². The number of phenolic OH excluding ortho intramolecular Hbond substituents is 2. The molecule has 1 amide bonds. The summed E-state index contributed by atoms with van der Waals surface area (Å²) in [5.74, 6) is -1.76. The van der Waals surface area contributed by atoms with Gasteiger partial charge in [-0.3, -0.25) is 4.79 Å². The Morgan fingerprint density at radius 3 is 1.47 bits per heavy atom. The van der Waals surface area contributed by atoms with E-state index in [4.69, 9.17) is 10.8 Å². The number of primary amides is 1. The molecule has 34 heavy (non-hydrogen) atoms. The van der Waals surface area contributed by atoms with E-state index in [1.54, 1.807) is 21.5 Å². The fourth-order valence-electron chi connectivity index (χ4n) is 3.44. The molecule has 0 radical (unpaired) electrons. The van der Waals surface area contributed by atoms with Crippen molar-refractivity contribution in [3.05, 3.63) is 82.4 Å². The van der Waals surface area contributed by atoms with Gasteiger partial charge >= 0.3 is 5.97 Å². The number of benzene rings is 2. The van der Waals surface area contributed by atoms with E-state index in [1.807, 2.05) is 39.8 Å². The van der Waals surface area contributed by atoms with Gasteiger partial charge < -0.3 is 21.1 Å². The maximum Gasteiger partial charge on any atom is 0.335 e. The number of carbonyl (C=O) groups excluding carboxylic acids is 1. The van der Waals surface area contributed by atoms with Crippen molar-refractivity contribution in [3.63, 3.8) is 0 Å². The van der Waals surface area contributed by atoms with Crippen LogP contribution in [0.2, 0.25) is 0 Å². The van der Waals surface area contributed by atoms with Gasteiger partial charge in [-0.05, 0) is 76.2 Å². The lowest BCUT2D eigenvalue weighted by Gasteiger charge is -2.07. The van der Waals surface area contributed by atoms with Gasteiger partial charge in [-0.25, -0.2) is 14.2 Å². The fraction of sp³-hybridized carbons (Fsp3) is 0.167. The smallest absolute Gasteiger partial charge is 0.335 e. The topological polar surface area (TPSA) is 156 Å². The molecule has 4 aromatic rings. The van der Waals surface area contributed by atoms with Gasteiger partial charge in [0, 0.05) is 17.0 Å². The van der Waals surface area contributed by atoms with E-state index in [2.05, 4.69) is 10.2 Å². The van der Waals surface area contributed by atoms with Gasteiger partial charge in [-0.15, -0.1) is 0 Å². The zero-order chi connectivity index (χ0) is 25.2. The number of aromatic carboxylic acids is 1. The van der Waals surface area contributed by atoms with Crippen molar-refractivity contribution in [2.24, 2.45) is 5.73 Å². The highest BCUT2D eigenvalue weighted by molar-refractivity contribution is 5.93. The number of carbonyl (C=O) groups is 2. The summed E-state index contributed by atoms with van der Waals surface area (Å²) in [5, 5.41) is 36.9. The third-order valence-electron chi connectivity index (χ3n) is 4.96. The van der Waals surface area contributed by atoms with E-state index in [9.17, 15) is 19.8 Å². The molecule has 0 bridgehead atoms. The largest absolute Gasteiger partial charge is 0.506 e. The summed E-state index contributed by atoms with van der Waals surface area (Å²) in [6.07, 6.45) is 0. The Balaban J connectivity index is 0.000000191. The van der Waals surface area contributed by atoms with Crippen molar-refractivity contribution < 1.29 is 24.9 Å². The highest BCUT2D eigenvalue weighted by Gasteiger charge is 2.12. The van der Waals surface area contributed by atoms with Crippen molar-refractivity contribution >= 4 is 11.9 Å². The van der Waals surface area contributed by atoms with Crippen LogP contribution < -0.4 is 5.73 Å². The second-order valence-electron chi connectivity index (χ2n) is 7.75. The minimum absolute atomic E-state index is 0.0208. The van der Waals surface area contributed by atoms with Crippen LogP contribution in [-0.2, 0) is 0 Å². The Morgan fingerprint density at radius 1 is 0.735 bits per heavy atom. The number of aromatic nitrogens is 4. The van der Waals surface area contributed by atoms with Crippen LogP contribution in [0.4, 0.5) is 0 Å². The molecule has 0 aliphatic carbocycles. The second-order valence-corrected chi connectivity index (χ2v) is 7.75. The Labute approximate surface area is 195 Å². The maximum absolute atomic E-state index is 11.0. The highest BCUT2D eigenvalue weighted by atomic mass is 16.4. The highest BCUT2D eigenvalue weighted by Crippen LogP contribution is 2.25. The van der Waals surface area contributed by atoms with E-state index in [0.29, 0.717) is 11.4 Å². The first-order valence-electron chi connectivity index (χ1n) is 10.2. The van der Waals surface area contributed by atoms with E-state index in [1.165, 1.54) is 24.3 Å². The molecule has 0 saturated heterocycles. The monoisotopic (exact) mass is 463 g/mol. The number of phenols is 2. The van der Waals surface area contributed by atoms with Crippen LogP contribution in [0.1, 0.15) is 43.5 Å². The number of aromatic hydroxyl groups is 2. The number of carboxylic acids is 1. The molecule has 0 spiro atoms. The van der Waals surface area contributed by atoms with Gasteiger partial charge in [0.25, 0.3) is 0 Å². The second kappa shape index (κ2) is 9.49. The average molecular weight is 463 g/mol. The van der Waals surface area contributed by atoms with E-state index >= 15 is 0 Å². The van der Waals surface area contributed by atoms with Crippen LogP contribution in [0.5, 0.6) is 11.5 Å². The Hall–Kier alpha value is -4.60. The number of amides is 1. The quantitative estimate of drug-likeness (QED) is 0.362. The van der Waals surface area contributed by atoms with Gasteiger partial charge in [0.2, 0.25) is 5.91 Å². The van der Waals surface area contributed by atoms with Gasteiger partial charge in [-0.2, -0.15) is 10.2 Å². The predicted octanol–water partition coefficient (Wildman–Crippen LogP) is 3.19. The lowest BCUT2D eigenvalue weighted by atomic mass is 10.2. The number of aryl methyl sites for hydroxylation is 4. The summed E-state index contributed by atoms with van der Waals surface area (Å²) in [6, 6.07) is 12.5. The molecule has 0 aliphatic rings. The molecule has 5 N–H and O–H groups in total. The molecule has 2 heterocycles. The third-order valence-corrected chi connectivity index (χ3v) is 4.96. The van der Waals surface area contributed by atoms with Crippen LogP contribution in [0.3, 0.4) is 0 Å². The molecule has 2 aromatic carbocycles. The molecule has 0 saturated carbocycles. The number of carboxylic acid groups (broad SMARTS) is 1. The van der Waals surface area contributed by atoms with Crippen LogP contribution in [0.15, 0.2) is 48.5 Å². The number of rotatable bonds is 4. The summed E-state index contributed by atoms with van der Waals surface area (Å²) in [5.41, 5.74) is 9.94. The van der Waals surface area contributed by atoms with Gasteiger partial charge in [-0.1, -0.05) is 0 Å². The molecule has 0 aliphatic heterocycles. The van der Waals surface area contributed by atoms with Crippen LogP contribution in [0.25, 0.3) is 11.4 Å². The predicted molar refractivity (Wildman–Crippen MR) is 125 cm³/mol. The molecule has 0 fully saturated rings. The molecule has 4 rings (SSSR count). The number of hydrogen-bond acceptors (Lipinski definition) is 6. The lowest BCUT2D eigenvalue weighted by molar-refractivity contribution is 0.0696. The molecule has 176 valence electrons. The summed E-state index contributed by atoms with van der Waals surface area (Å²) in [4.78, 5) is 21.7. The van der Waals surface area contributed by atoms with E-state index in [-0.39, 0.29) is 22.6 Å². The minimum Gasteiger partial charge on any atom is -0.506 e. The van der Waals surface area contributed by atoms with Gasteiger partial charge in [0.05, 0.1) is 17.0 Å². The lowest BCUT2D eigenvalue weighted by Crippen LogP contribution is -2.11. The van der Waals surface area contributed by atoms with Crippen LogP contribution >= 0.6 is 0 Å². The molecule has 0 atom stereocenters. The minimum atomic E-state index is -1.07. The standard InChI is InChI=1S/C12H13N3O2.C12H12N2O3/c1-7-5-8(2)15(14-7)10-4-3-9(12(13)17)6-11(10)16;1-7-5-8(2)14(13-7)10-4-3-9(12(16)17)6-11(10)15/h3-6,16H,1-2H3,(H2,13,17);3-6,15H,1-2H3,(H,16,17). The SMILES string of the molecule is Cc1cc(C)n(-c2ccc(C(=O)O)cc2O)n1.Cc1cc(C)n(-c2ccc(C(N)=O)cc2O)n1. The number of nitrogens with zero attached hydrogens (tertiary/aromatic N) is 4. The first-order valence-corrected chi connectivity index (χ1v) is 10.2. The number of hydrogen-bond donors (Lipinski definition) is 4. The summed E-state index contributed by atoms with van der Waals surface area (Å²) >= 11 is 0. The molecule has 10 heteroatoms.